The quantitative estimate of drug-likeness (QED) is 0.795. The highest BCUT2D eigenvalue weighted by Crippen LogP contribution is 2.33. The third-order valence-corrected chi connectivity index (χ3v) is 5.03. The van der Waals surface area contributed by atoms with E-state index in [0.29, 0.717) is 17.1 Å². The minimum atomic E-state index is -0.197. The molecule has 3 aromatic rings. The number of nitrogens with one attached hydrogen (secondary N) is 1. The lowest BCUT2D eigenvalue weighted by atomic mass is 9.93. The van der Waals surface area contributed by atoms with E-state index in [4.69, 9.17) is 9.15 Å². The number of fused-ring (bicyclic) bond motifs is 2. The Hall–Kier alpha value is -2.76. The third-order valence-electron chi connectivity index (χ3n) is 5.03. The van der Waals surface area contributed by atoms with Crippen LogP contribution in [0, 0.1) is 6.92 Å². The van der Waals surface area contributed by atoms with Crippen molar-refractivity contribution in [2.75, 3.05) is 7.11 Å². The zero-order valence-electron chi connectivity index (χ0n) is 14.6. The molecule has 0 saturated heterocycles. The number of ether oxygens (including phenoxy) is 1. The van der Waals surface area contributed by atoms with Gasteiger partial charge in [0.15, 0.2) is 17.1 Å². The van der Waals surface area contributed by atoms with Gasteiger partial charge in [-0.15, -0.1) is 0 Å². The molecule has 25 heavy (non-hydrogen) atoms. The minimum Gasteiger partial charge on any atom is -0.493 e. The van der Waals surface area contributed by atoms with Crippen molar-refractivity contribution in [3.8, 4) is 5.75 Å². The number of rotatable bonds is 3. The second kappa shape index (κ2) is 5.95. The highest BCUT2D eigenvalue weighted by Gasteiger charge is 2.27. The zero-order valence-corrected chi connectivity index (χ0v) is 14.6. The Kier molecular flexibility index (Phi) is 3.75. The van der Waals surface area contributed by atoms with Gasteiger partial charge in [0.2, 0.25) is 0 Å². The van der Waals surface area contributed by atoms with Crippen LogP contribution >= 0.6 is 0 Å². The number of carbonyl (C=O) groups is 1. The van der Waals surface area contributed by atoms with Gasteiger partial charge in [-0.3, -0.25) is 9.48 Å². The number of aromatic nitrogens is 2. The molecule has 1 aliphatic rings. The molecule has 1 atom stereocenters. The monoisotopic (exact) mass is 339 g/mol. The molecule has 1 N–H and O–H groups in total. The van der Waals surface area contributed by atoms with E-state index in [0.717, 1.165) is 35.8 Å². The van der Waals surface area contributed by atoms with Gasteiger partial charge in [0.25, 0.3) is 5.91 Å². The fourth-order valence-corrected chi connectivity index (χ4v) is 3.67. The first-order valence-corrected chi connectivity index (χ1v) is 8.48. The molecule has 2 aromatic heterocycles. The van der Waals surface area contributed by atoms with E-state index in [9.17, 15) is 4.79 Å². The number of benzene rings is 1. The molecule has 2 heterocycles. The van der Waals surface area contributed by atoms with Gasteiger partial charge in [-0.05, 0) is 32.3 Å². The molecule has 0 radical (unpaired) electrons. The van der Waals surface area contributed by atoms with Crippen LogP contribution in [0.5, 0.6) is 5.75 Å². The fraction of sp³-hybridized carbons (Fsp3) is 0.368. The summed E-state index contributed by atoms with van der Waals surface area (Å²) in [6.07, 6.45) is 4.80. The van der Waals surface area contributed by atoms with Crippen LogP contribution < -0.4 is 10.1 Å². The van der Waals surface area contributed by atoms with Crippen molar-refractivity contribution in [1.82, 2.24) is 15.1 Å². The van der Waals surface area contributed by atoms with E-state index in [-0.39, 0.29) is 11.9 Å². The van der Waals surface area contributed by atoms with Crippen LogP contribution in [0.4, 0.5) is 0 Å². The Bertz CT molecular complexity index is 954. The third kappa shape index (κ3) is 2.49. The highest BCUT2D eigenvalue weighted by molar-refractivity contribution is 6.00. The van der Waals surface area contributed by atoms with Crippen LogP contribution in [-0.4, -0.2) is 22.8 Å². The number of aryl methyl sites for hydroxylation is 2. The predicted octanol–water partition coefficient (Wildman–Crippen LogP) is 3.29. The molecule has 6 nitrogen and oxygen atoms in total. The normalized spacial score (nSPS) is 16.7. The molecule has 6 heteroatoms. The molecule has 1 amide bonds. The van der Waals surface area contributed by atoms with E-state index in [2.05, 4.69) is 10.4 Å². The lowest BCUT2D eigenvalue weighted by molar-refractivity contribution is 0.0905. The highest BCUT2D eigenvalue weighted by atomic mass is 16.5. The van der Waals surface area contributed by atoms with Gasteiger partial charge in [0.1, 0.15) is 0 Å². The molecule has 0 unspecified atom stereocenters. The molecular weight excluding hydrogens is 318 g/mol. The molecular formula is C19H21N3O3. The lowest BCUT2D eigenvalue weighted by Crippen LogP contribution is -2.31. The van der Waals surface area contributed by atoms with E-state index in [1.807, 2.05) is 43.0 Å². The predicted molar refractivity (Wildman–Crippen MR) is 93.9 cm³/mol. The Morgan fingerprint density at radius 2 is 2.28 bits per heavy atom. The molecule has 0 fully saturated rings. The van der Waals surface area contributed by atoms with Gasteiger partial charge in [0.05, 0.1) is 19.3 Å². The van der Waals surface area contributed by atoms with E-state index in [1.54, 1.807) is 7.11 Å². The van der Waals surface area contributed by atoms with Crippen molar-refractivity contribution in [1.29, 1.82) is 0 Å². The lowest BCUT2D eigenvalue weighted by Gasteiger charge is -2.23. The average Bonchev–Trinajstić information content (AvgIpc) is 3.17. The maximum atomic E-state index is 12.8. The number of hydrogen-bond acceptors (Lipinski definition) is 4. The minimum absolute atomic E-state index is 0.0283. The number of methoxy groups -OCH3 is 1. The largest absolute Gasteiger partial charge is 0.493 e. The summed E-state index contributed by atoms with van der Waals surface area (Å²) in [5.41, 5.74) is 3.74. The summed E-state index contributed by atoms with van der Waals surface area (Å²) in [5.74, 6) is 0.778. The summed E-state index contributed by atoms with van der Waals surface area (Å²) < 4.78 is 13.1. The van der Waals surface area contributed by atoms with Gasteiger partial charge < -0.3 is 14.5 Å². The van der Waals surface area contributed by atoms with Gasteiger partial charge in [-0.25, -0.2) is 0 Å². The van der Waals surface area contributed by atoms with E-state index in [1.165, 1.54) is 5.69 Å². The number of amides is 1. The molecule has 0 aliphatic heterocycles. The van der Waals surface area contributed by atoms with E-state index < -0.39 is 0 Å². The SMILES string of the molecule is COc1cccc2c(C)c(C(=O)N[C@H]3CCCc4c3cnn4C)oc12. The van der Waals surface area contributed by atoms with Gasteiger partial charge in [0, 0.05) is 29.3 Å². The van der Waals surface area contributed by atoms with Crippen molar-refractivity contribution in [3.05, 3.63) is 47.0 Å². The summed E-state index contributed by atoms with van der Waals surface area (Å²) >= 11 is 0. The smallest absolute Gasteiger partial charge is 0.287 e. The number of hydrogen-bond donors (Lipinski definition) is 1. The topological polar surface area (TPSA) is 69.3 Å². The summed E-state index contributed by atoms with van der Waals surface area (Å²) in [5, 5.41) is 8.34. The van der Waals surface area contributed by atoms with Gasteiger partial charge >= 0.3 is 0 Å². The van der Waals surface area contributed by atoms with Gasteiger partial charge in [-0.2, -0.15) is 5.10 Å². The Balaban J connectivity index is 1.66. The summed E-state index contributed by atoms with van der Waals surface area (Å²) in [4.78, 5) is 12.8. The summed E-state index contributed by atoms with van der Waals surface area (Å²) in [7, 11) is 3.54. The Morgan fingerprint density at radius 1 is 1.44 bits per heavy atom. The zero-order chi connectivity index (χ0) is 17.6. The van der Waals surface area contributed by atoms with Crippen LogP contribution in [0.25, 0.3) is 11.0 Å². The number of para-hydroxylation sites is 1. The maximum Gasteiger partial charge on any atom is 0.287 e. The molecule has 1 aliphatic carbocycles. The number of nitrogens with zero attached hydrogens (tertiary/aromatic N) is 2. The Morgan fingerprint density at radius 3 is 3.08 bits per heavy atom. The second-order valence-corrected chi connectivity index (χ2v) is 6.48. The summed E-state index contributed by atoms with van der Waals surface area (Å²) in [6, 6.07) is 5.64. The average molecular weight is 339 g/mol. The second-order valence-electron chi connectivity index (χ2n) is 6.48. The molecule has 1 aromatic carbocycles. The number of furan rings is 1. The van der Waals surface area contributed by atoms with Crippen LogP contribution in [0.1, 0.15) is 46.3 Å². The molecule has 4 rings (SSSR count). The van der Waals surface area contributed by atoms with Crippen LogP contribution in [0.3, 0.4) is 0 Å². The van der Waals surface area contributed by atoms with Crippen LogP contribution in [0.15, 0.2) is 28.8 Å². The van der Waals surface area contributed by atoms with Crippen molar-refractivity contribution >= 4 is 16.9 Å². The fourth-order valence-electron chi connectivity index (χ4n) is 3.67. The standard InChI is InChI=1S/C19H21N3O3/c1-11-12-6-4-9-16(24-3)18(12)25-17(11)19(23)21-14-7-5-8-15-13(14)10-20-22(15)2/h4,6,9-10,14H,5,7-8H2,1-3H3,(H,21,23)/t14-/m0/s1. The van der Waals surface area contributed by atoms with Crippen molar-refractivity contribution in [2.45, 2.75) is 32.2 Å². The summed E-state index contributed by atoms with van der Waals surface area (Å²) in [6.45, 7) is 1.90. The molecule has 130 valence electrons. The van der Waals surface area contributed by atoms with Crippen LogP contribution in [0.2, 0.25) is 0 Å². The first-order chi connectivity index (χ1) is 12.1. The molecule has 0 saturated carbocycles. The van der Waals surface area contributed by atoms with Crippen molar-refractivity contribution in [3.63, 3.8) is 0 Å². The Labute approximate surface area is 145 Å². The maximum absolute atomic E-state index is 12.8. The van der Waals surface area contributed by atoms with Crippen molar-refractivity contribution < 1.29 is 13.9 Å². The van der Waals surface area contributed by atoms with Crippen LogP contribution in [-0.2, 0) is 13.5 Å². The first kappa shape index (κ1) is 15.7. The van der Waals surface area contributed by atoms with E-state index >= 15 is 0 Å². The molecule has 0 bridgehead atoms. The molecule has 0 spiro atoms. The van der Waals surface area contributed by atoms with Gasteiger partial charge in [-0.1, -0.05) is 12.1 Å². The number of carbonyl (C=O) groups excluding carboxylic acids is 1. The van der Waals surface area contributed by atoms with Crippen molar-refractivity contribution in [2.24, 2.45) is 7.05 Å². The first-order valence-electron chi connectivity index (χ1n) is 8.48.